The van der Waals surface area contributed by atoms with Gasteiger partial charge in [-0.15, -0.1) is 0 Å². The van der Waals surface area contributed by atoms with Gasteiger partial charge in [-0.2, -0.15) is 0 Å². The smallest absolute Gasteiger partial charge is 0.0149 e. The molecule has 0 aromatic heterocycles. The van der Waals surface area contributed by atoms with Crippen LogP contribution in [0.2, 0.25) is 0 Å². The van der Waals surface area contributed by atoms with Gasteiger partial charge >= 0.3 is 0 Å². The summed E-state index contributed by atoms with van der Waals surface area (Å²) >= 11 is 0. The quantitative estimate of drug-likeness (QED) is 0.716. The zero-order valence-corrected chi connectivity index (χ0v) is 11.3. The van der Waals surface area contributed by atoms with Gasteiger partial charge in [0.25, 0.3) is 0 Å². The van der Waals surface area contributed by atoms with Gasteiger partial charge in [-0.25, -0.2) is 0 Å². The first-order valence-corrected chi connectivity index (χ1v) is 6.84. The van der Waals surface area contributed by atoms with Crippen LogP contribution in [0, 0.1) is 6.92 Å². The van der Waals surface area contributed by atoms with E-state index in [9.17, 15) is 0 Å². The minimum Gasteiger partial charge on any atom is -0.344 e. The summed E-state index contributed by atoms with van der Waals surface area (Å²) in [5, 5.41) is 2.89. The molecular formula is C17H23N. The third-order valence-electron chi connectivity index (χ3n) is 4.08. The largest absolute Gasteiger partial charge is 0.344 e. The third-order valence-corrected chi connectivity index (χ3v) is 4.08. The van der Waals surface area contributed by atoms with E-state index in [1.54, 1.807) is 5.56 Å². The van der Waals surface area contributed by atoms with Crippen LogP contribution in [0.4, 0.5) is 0 Å². The Kier molecular flexibility index (Phi) is 4.03. The normalized spacial score (nSPS) is 16.5. The van der Waals surface area contributed by atoms with Crippen molar-refractivity contribution in [2.45, 2.75) is 44.9 Å². The molecule has 0 heterocycles. The molecule has 3 rings (SSSR count). The fourth-order valence-electron chi connectivity index (χ4n) is 3.25. The van der Waals surface area contributed by atoms with Crippen molar-refractivity contribution in [2.24, 2.45) is 0 Å². The summed E-state index contributed by atoms with van der Waals surface area (Å²) in [4.78, 5) is 0. The van der Waals surface area contributed by atoms with Gasteiger partial charge in [-0.05, 0) is 42.0 Å². The predicted octanol–water partition coefficient (Wildman–Crippen LogP) is 5.36. The maximum atomic E-state index is 2.42. The van der Waals surface area contributed by atoms with Gasteiger partial charge in [0.1, 0.15) is 0 Å². The zero-order chi connectivity index (χ0) is 11.7. The second-order valence-corrected chi connectivity index (χ2v) is 5.41. The van der Waals surface area contributed by atoms with Crippen LogP contribution in [-0.2, 0) is 0 Å². The van der Waals surface area contributed by atoms with E-state index in [4.69, 9.17) is 0 Å². The van der Waals surface area contributed by atoms with Crippen LogP contribution < -0.4 is 6.15 Å². The molecule has 1 aliphatic rings. The van der Waals surface area contributed by atoms with Crippen molar-refractivity contribution in [2.75, 3.05) is 0 Å². The average molecular weight is 241 g/mol. The van der Waals surface area contributed by atoms with E-state index in [2.05, 4.69) is 43.3 Å². The van der Waals surface area contributed by atoms with Gasteiger partial charge in [0.15, 0.2) is 0 Å². The molecule has 0 aliphatic heterocycles. The lowest BCUT2D eigenvalue weighted by molar-refractivity contribution is 0.445. The molecule has 1 saturated carbocycles. The molecular weight excluding hydrogens is 218 g/mol. The first-order chi connectivity index (χ1) is 8.34. The summed E-state index contributed by atoms with van der Waals surface area (Å²) in [7, 11) is 0. The standard InChI is InChI=1S/C17H20.H3N/c1-13-11-15-9-5-6-10-16(15)17(12-13)14-7-3-2-4-8-14;/h5-6,9-12,14H,2-4,7-8H2,1H3;1H3. The van der Waals surface area contributed by atoms with Gasteiger partial charge in [-0.3, -0.25) is 0 Å². The minimum absolute atomic E-state index is 0. The van der Waals surface area contributed by atoms with Crippen molar-refractivity contribution in [3.8, 4) is 0 Å². The Morgan fingerprint density at radius 3 is 2.44 bits per heavy atom. The Labute approximate surface area is 110 Å². The summed E-state index contributed by atoms with van der Waals surface area (Å²) in [6, 6.07) is 13.6. The van der Waals surface area contributed by atoms with E-state index in [0.717, 1.165) is 5.92 Å². The highest BCUT2D eigenvalue weighted by Gasteiger charge is 2.17. The minimum atomic E-state index is 0. The van der Waals surface area contributed by atoms with E-state index in [1.165, 1.54) is 48.4 Å². The van der Waals surface area contributed by atoms with Crippen molar-refractivity contribution in [1.29, 1.82) is 0 Å². The van der Waals surface area contributed by atoms with Gasteiger partial charge in [0, 0.05) is 0 Å². The molecule has 3 N–H and O–H groups in total. The van der Waals surface area contributed by atoms with Crippen LogP contribution in [0.25, 0.3) is 10.8 Å². The first kappa shape index (κ1) is 13.1. The number of rotatable bonds is 1. The van der Waals surface area contributed by atoms with Crippen molar-refractivity contribution in [3.63, 3.8) is 0 Å². The maximum absolute atomic E-state index is 2.42. The summed E-state index contributed by atoms with van der Waals surface area (Å²) in [5.74, 6) is 0.800. The molecule has 0 radical (unpaired) electrons. The summed E-state index contributed by atoms with van der Waals surface area (Å²) < 4.78 is 0. The van der Waals surface area contributed by atoms with Gasteiger partial charge in [0.05, 0.1) is 0 Å². The monoisotopic (exact) mass is 241 g/mol. The fourth-order valence-corrected chi connectivity index (χ4v) is 3.25. The van der Waals surface area contributed by atoms with Gasteiger partial charge in [0.2, 0.25) is 0 Å². The van der Waals surface area contributed by atoms with Crippen LogP contribution in [0.3, 0.4) is 0 Å². The van der Waals surface area contributed by atoms with Crippen LogP contribution in [0.5, 0.6) is 0 Å². The average Bonchev–Trinajstić information content (AvgIpc) is 2.39. The lowest BCUT2D eigenvalue weighted by Gasteiger charge is -2.24. The third kappa shape index (κ3) is 2.41. The Morgan fingerprint density at radius 2 is 1.67 bits per heavy atom. The highest BCUT2D eigenvalue weighted by atomic mass is 14.2. The first-order valence-electron chi connectivity index (χ1n) is 6.84. The number of hydrogen-bond acceptors (Lipinski definition) is 1. The molecule has 2 aromatic carbocycles. The number of fused-ring (bicyclic) bond motifs is 1. The molecule has 1 nitrogen and oxygen atoms in total. The van der Waals surface area contributed by atoms with Crippen LogP contribution in [-0.4, -0.2) is 0 Å². The number of hydrogen-bond donors (Lipinski definition) is 1. The molecule has 0 saturated heterocycles. The Balaban J connectivity index is 0.00000120. The van der Waals surface area contributed by atoms with Crippen molar-refractivity contribution in [1.82, 2.24) is 6.15 Å². The molecule has 0 atom stereocenters. The molecule has 1 aliphatic carbocycles. The fraction of sp³-hybridized carbons (Fsp3) is 0.412. The van der Waals surface area contributed by atoms with Crippen molar-refractivity contribution >= 4 is 10.8 Å². The van der Waals surface area contributed by atoms with E-state index < -0.39 is 0 Å². The zero-order valence-electron chi connectivity index (χ0n) is 11.3. The van der Waals surface area contributed by atoms with Gasteiger partial charge < -0.3 is 6.15 Å². The molecule has 2 aromatic rings. The SMILES string of the molecule is Cc1cc(C2CCCCC2)c2ccccc2c1.N. The molecule has 18 heavy (non-hydrogen) atoms. The molecule has 0 spiro atoms. The lowest BCUT2D eigenvalue weighted by Crippen LogP contribution is -2.05. The lowest BCUT2D eigenvalue weighted by atomic mass is 9.81. The predicted molar refractivity (Wildman–Crippen MR) is 79.5 cm³/mol. The summed E-state index contributed by atoms with van der Waals surface area (Å²) in [5.41, 5.74) is 3.00. The number of aryl methyl sites for hydroxylation is 1. The molecule has 96 valence electrons. The van der Waals surface area contributed by atoms with Crippen molar-refractivity contribution < 1.29 is 0 Å². The highest BCUT2D eigenvalue weighted by Crippen LogP contribution is 2.36. The maximum Gasteiger partial charge on any atom is -0.0149 e. The van der Waals surface area contributed by atoms with E-state index in [0.29, 0.717) is 0 Å². The Bertz CT molecular complexity index is 524. The molecule has 0 amide bonds. The molecule has 0 unspecified atom stereocenters. The second kappa shape index (κ2) is 5.53. The second-order valence-electron chi connectivity index (χ2n) is 5.41. The summed E-state index contributed by atoms with van der Waals surface area (Å²) in [6.45, 7) is 2.22. The Hall–Kier alpha value is -1.34. The molecule has 1 fully saturated rings. The van der Waals surface area contributed by atoms with Crippen LogP contribution in [0.15, 0.2) is 36.4 Å². The van der Waals surface area contributed by atoms with Crippen molar-refractivity contribution in [3.05, 3.63) is 47.5 Å². The topological polar surface area (TPSA) is 35.0 Å². The molecule has 1 heteroatoms. The summed E-state index contributed by atoms with van der Waals surface area (Å²) in [6.07, 6.45) is 7.01. The number of benzene rings is 2. The van der Waals surface area contributed by atoms with E-state index in [-0.39, 0.29) is 6.15 Å². The van der Waals surface area contributed by atoms with Crippen LogP contribution >= 0.6 is 0 Å². The Morgan fingerprint density at radius 1 is 0.944 bits per heavy atom. The molecule has 0 bridgehead atoms. The van der Waals surface area contributed by atoms with Gasteiger partial charge in [-0.1, -0.05) is 61.2 Å². The van der Waals surface area contributed by atoms with Crippen LogP contribution in [0.1, 0.15) is 49.1 Å². The van der Waals surface area contributed by atoms with E-state index in [1.807, 2.05) is 0 Å². The highest BCUT2D eigenvalue weighted by molar-refractivity contribution is 5.86. The van der Waals surface area contributed by atoms with E-state index >= 15 is 0 Å².